The Bertz CT molecular complexity index is 1010. The first-order valence-corrected chi connectivity index (χ1v) is 9.33. The number of amides is 1. The average Bonchev–Trinajstić information content (AvgIpc) is 2.70. The standard InChI is InChI=1S/C22H22F4N2O3/c1-20(2,12-28-19(31)14-8-9-27-16(11-14)21(3,4)23)18(30)17(29)13-6-5-7-15(10-13)22(24,25)26/h5-11H,12H2,1-4H3,(H,28,31). The van der Waals surface area contributed by atoms with Crippen molar-refractivity contribution < 1.29 is 31.9 Å². The van der Waals surface area contributed by atoms with Crippen LogP contribution in [0.15, 0.2) is 42.6 Å². The minimum atomic E-state index is -4.65. The lowest BCUT2D eigenvalue weighted by Gasteiger charge is -2.23. The van der Waals surface area contributed by atoms with Crippen molar-refractivity contribution in [3.63, 3.8) is 0 Å². The molecule has 166 valence electrons. The minimum Gasteiger partial charge on any atom is -0.351 e. The average molecular weight is 438 g/mol. The van der Waals surface area contributed by atoms with E-state index in [-0.39, 0.29) is 23.4 Å². The molecule has 0 aliphatic rings. The molecule has 0 saturated heterocycles. The molecule has 0 aliphatic carbocycles. The second-order valence-corrected chi connectivity index (χ2v) is 8.21. The van der Waals surface area contributed by atoms with Crippen LogP contribution in [0, 0.1) is 5.41 Å². The molecule has 1 N–H and O–H groups in total. The number of halogens is 4. The van der Waals surface area contributed by atoms with Crippen LogP contribution in [0.3, 0.4) is 0 Å². The normalized spacial score (nSPS) is 12.4. The number of carbonyl (C=O) groups excluding carboxylic acids is 3. The predicted molar refractivity (Wildman–Crippen MR) is 105 cm³/mol. The van der Waals surface area contributed by atoms with E-state index >= 15 is 0 Å². The van der Waals surface area contributed by atoms with Gasteiger partial charge in [-0.3, -0.25) is 19.4 Å². The maximum atomic E-state index is 14.1. The molecular formula is C22H22F4N2O3. The van der Waals surface area contributed by atoms with Crippen LogP contribution in [0.1, 0.15) is 59.7 Å². The summed E-state index contributed by atoms with van der Waals surface area (Å²) in [5.74, 6) is -2.65. The third kappa shape index (κ3) is 5.96. The molecule has 0 fully saturated rings. The molecule has 5 nitrogen and oxygen atoms in total. The van der Waals surface area contributed by atoms with E-state index in [2.05, 4.69) is 10.3 Å². The highest BCUT2D eigenvalue weighted by Crippen LogP contribution is 2.30. The quantitative estimate of drug-likeness (QED) is 0.392. The van der Waals surface area contributed by atoms with Crippen molar-refractivity contribution in [3.05, 3.63) is 65.0 Å². The highest BCUT2D eigenvalue weighted by atomic mass is 19.4. The summed E-state index contributed by atoms with van der Waals surface area (Å²) in [6.45, 7) is 5.11. The second kappa shape index (κ2) is 8.56. The summed E-state index contributed by atoms with van der Waals surface area (Å²) in [6.07, 6.45) is -3.38. The van der Waals surface area contributed by atoms with Gasteiger partial charge in [-0.2, -0.15) is 13.2 Å². The highest BCUT2D eigenvalue weighted by Gasteiger charge is 2.36. The molecule has 1 amide bonds. The van der Waals surface area contributed by atoms with E-state index in [0.29, 0.717) is 6.07 Å². The molecule has 0 saturated carbocycles. The number of aromatic nitrogens is 1. The van der Waals surface area contributed by atoms with E-state index in [4.69, 9.17) is 0 Å². The van der Waals surface area contributed by atoms with Crippen LogP contribution in [-0.4, -0.2) is 29.0 Å². The molecule has 0 bridgehead atoms. The Labute approximate surface area is 176 Å². The van der Waals surface area contributed by atoms with Crippen LogP contribution < -0.4 is 5.32 Å². The van der Waals surface area contributed by atoms with Gasteiger partial charge in [-0.25, -0.2) is 4.39 Å². The summed E-state index contributed by atoms with van der Waals surface area (Å²) >= 11 is 0. The van der Waals surface area contributed by atoms with Gasteiger partial charge in [-0.1, -0.05) is 26.0 Å². The lowest BCUT2D eigenvalue weighted by molar-refractivity contribution is -0.137. The molecule has 0 atom stereocenters. The van der Waals surface area contributed by atoms with Gasteiger partial charge >= 0.3 is 6.18 Å². The molecule has 1 aromatic heterocycles. The first-order valence-electron chi connectivity index (χ1n) is 9.33. The smallest absolute Gasteiger partial charge is 0.351 e. The van der Waals surface area contributed by atoms with Crippen molar-refractivity contribution in [1.29, 1.82) is 0 Å². The van der Waals surface area contributed by atoms with Gasteiger partial charge in [0.1, 0.15) is 5.67 Å². The van der Waals surface area contributed by atoms with E-state index in [1.54, 1.807) is 0 Å². The fraction of sp³-hybridized carbons (Fsp3) is 0.364. The van der Waals surface area contributed by atoms with Gasteiger partial charge in [-0.15, -0.1) is 0 Å². The lowest BCUT2D eigenvalue weighted by atomic mass is 9.83. The fourth-order valence-corrected chi connectivity index (χ4v) is 2.66. The van der Waals surface area contributed by atoms with E-state index < -0.39 is 40.3 Å². The number of benzene rings is 1. The molecule has 0 spiro atoms. The van der Waals surface area contributed by atoms with E-state index in [9.17, 15) is 31.9 Å². The summed E-state index contributed by atoms with van der Waals surface area (Å²) in [4.78, 5) is 41.4. The fourth-order valence-electron chi connectivity index (χ4n) is 2.66. The number of nitrogens with zero attached hydrogens (tertiary/aromatic N) is 1. The molecular weight excluding hydrogens is 416 g/mol. The van der Waals surface area contributed by atoms with Crippen LogP contribution in [0.4, 0.5) is 17.6 Å². The molecule has 31 heavy (non-hydrogen) atoms. The summed E-state index contributed by atoms with van der Waals surface area (Å²) < 4.78 is 52.7. The van der Waals surface area contributed by atoms with Crippen molar-refractivity contribution in [2.45, 2.75) is 39.5 Å². The van der Waals surface area contributed by atoms with Crippen LogP contribution >= 0.6 is 0 Å². The van der Waals surface area contributed by atoms with Crippen molar-refractivity contribution in [1.82, 2.24) is 10.3 Å². The molecule has 1 aromatic carbocycles. The Morgan fingerprint density at radius 3 is 2.16 bits per heavy atom. The zero-order valence-electron chi connectivity index (χ0n) is 17.4. The third-order valence-electron chi connectivity index (χ3n) is 4.60. The van der Waals surface area contributed by atoms with Crippen molar-refractivity contribution in [3.8, 4) is 0 Å². The van der Waals surface area contributed by atoms with Crippen molar-refractivity contribution in [2.75, 3.05) is 6.54 Å². The Kier molecular flexibility index (Phi) is 6.68. The maximum Gasteiger partial charge on any atom is 0.416 e. The Balaban J connectivity index is 2.13. The van der Waals surface area contributed by atoms with Gasteiger partial charge in [0.2, 0.25) is 11.6 Å². The Hall–Kier alpha value is -3.10. The first-order chi connectivity index (χ1) is 14.1. The topological polar surface area (TPSA) is 76.1 Å². The summed E-state index contributed by atoms with van der Waals surface area (Å²) in [7, 11) is 0. The van der Waals surface area contributed by atoms with Gasteiger partial charge in [0.05, 0.1) is 11.3 Å². The van der Waals surface area contributed by atoms with Gasteiger partial charge in [0.25, 0.3) is 5.91 Å². The minimum absolute atomic E-state index is 0.0511. The van der Waals surface area contributed by atoms with Gasteiger partial charge < -0.3 is 5.32 Å². The van der Waals surface area contributed by atoms with Gasteiger partial charge in [0, 0.05) is 29.3 Å². The van der Waals surface area contributed by atoms with Crippen molar-refractivity contribution in [2.24, 2.45) is 5.41 Å². The number of hydrogen-bond acceptors (Lipinski definition) is 4. The largest absolute Gasteiger partial charge is 0.416 e. The van der Waals surface area contributed by atoms with Crippen LogP contribution in [0.2, 0.25) is 0 Å². The SMILES string of the molecule is CC(C)(CNC(=O)c1ccnc(C(C)(C)F)c1)C(=O)C(=O)c1cccc(C(F)(F)F)c1. The Morgan fingerprint density at radius 1 is 0.935 bits per heavy atom. The molecule has 0 radical (unpaired) electrons. The van der Waals surface area contributed by atoms with Crippen LogP contribution in [0.5, 0.6) is 0 Å². The molecule has 9 heteroatoms. The second-order valence-electron chi connectivity index (χ2n) is 8.21. The number of carbonyl (C=O) groups is 3. The third-order valence-corrected chi connectivity index (χ3v) is 4.60. The molecule has 0 aliphatic heterocycles. The predicted octanol–water partition coefficient (Wildman–Crippen LogP) is 4.51. The first kappa shape index (κ1) is 24.2. The number of nitrogens with one attached hydrogen (secondary N) is 1. The van der Waals surface area contributed by atoms with Crippen LogP contribution in [-0.2, 0) is 16.6 Å². The monoisotopic (exact) mass is 438 g/mol. The number of alkyl halides is 4. The number of Topliss-reactive ketones (excluding diaryl/α,β-unsaturated/α-hetero) is 2. The van der Waals surface area contributed by atoms with Crippen LogP contribution in [0.25, 0.3) is 0 Å². The maximum absolute atomic E-state index is 14.1. The summed E-state index contributed by atoms with van der Waals surface area (Å²) in [5, 5.41) is 2.50. The van der Waals surface area contributed by atoms with Gasteiger partial charge in [-0.05, 0) is 38.1 Å². The summed E-state index contributed by atoms with van der Waals surface area (Å²) in [6, 6.07) is 6.23. The highest BCUT2D eigenvalue weighted by molar-refractivity contribution is 6.45. The lowest BCUT2D eigenvalue weighted by Crippen LogP contribution is -2.42. The molecule has 2 aromatic rings. The van der Waals surface area contributed by atoms with Gasteiger partial charge in [0.15, 0.2) is 0 Å². The van der Waals surface area contributed by atoms with E-state index in [0.717, 1.165) is 18.2 Å². The zero-order chi connectivity index (χ0) is 23.6. The van der Waals surface area contributed by atoms with E-state index in [1.165, 1.54) is 46.0 Å². The number of pyridine rings is 1. The number of ketones is 2. The Morgan fingerprint density at radius 2 is 1.58 bits per heavy atom. The number of rotatable bonds is 7. The van der Waals surface area contributed by atoms with Crippen molar-refractivity contribution >= 4 is 17.5 Å². The summed E-state index contributed by atoms with van der Waals surface area (Å²) in [5.41, 5.74) is -4.41. The molecule has 1 heterocycles. The molecule has 2 rings (SSSR count). The van der Waals surface area contributed by atoms with E-state index in [1.807, 2.05) is 0 Å². The zero-order valence-corrected chi connectivity index (χ0v) is 17.4. The number of hydrogen-bond donors (Lipinski definition) is 1. The molecule has 0 unspecified atom stereocenters.